The molecule has 0 N–H and O–H groups in total. The van der Waals surface area contributed by atoms with Crippen molar-refractivity contribution in [3.63, 3.8) is 0 Å². The summed E-state index contributed by atoms with van der Waals surface area (Å²) < 4.78 is 0. The molecule has 2 fully saturated rings. The van der Waals surface area contributed by atoms with Crippen LogP contribution in [0.4, 0.5) is 0 Å². The van der Waals surface area contributed by atoms with Crippen LogP contribution in [-0.4, -0.2) is 11.6 Å². The van der Waals surface area contributed by atoms with Crippen LogP contribution in [0.15, 0.2) is 22.8 Å². The molecular formula is C18H22O2. The lowest BCUT2D eigenvalue weighted by Gasteiger charge is -2.46. The first-order chi connectivity index (χ1) is 9.59. The zero-order chi connectivity index (χ0) is 13.9. The van der Waals surface area contributed by atoms with Gasteiger partial charge < -0.3 is 0 Å². The van der Waals surface area contributed by atoms with E-state index in [1.54, 1.807) is 5.57 Å². The lowest BCUT2D eigenvalue weighted by Crippen LogP contribution is -2.40. The second-order valence-corrected chi connectivity index (χ2v) is 7.27. The number of fused-ring (bicyclic) bond motifs is 4. The predicted molar refractivity (Wildman–Crippen MR) is 77.1 cm³/mol. The number of hydrogen-bond donors (Lipinski definition) is 0. The van der Waals surface area contributed by atoms with Crippen LogP contribution in [0.2, 0.25) is 0 Å². The molecule has 0 amide bonds. The Morgan fingerprint density at radius 1 is 1.05 bits per heavy atom. The molecule has 0 radical (unpaired) electrons. The van der Waals surface area contributed by atoms with Crippen LogP contribution in [0.25, 0.3) is 0 Å². The van der Waals surface area contributed by atoms with Gasteiger partial charge in [0.15, 0.2) is 5.78 Å². The zero-order valence-corrected chi connectivity index (χ0v) is 12.2. The Morgan fingerprint density at radius 3 is 2.75 bits per heavy atom. The topological polar surface area (TPSA) is 34.1 Å². The molecular weight excluding hydrogens is 248 g/mol. The molecule has 0 aromatic heterocycles. The number of ketones is 2. The van der Waals surface area contributed by atoms with E-state index in [1.807, 2.05) is 6.08 Å². The number of allylic oxidation sites excluding steroid dienone is 4. The minimum absolute atomic E-state index is 0.0412. The van der Waals surface area contributed by atoms with Gasteiger partial charge in [-0.3, -0.25) is 9.59 Å². The van der Waals surface area contributed by atoms with Gasteiger partial charge >= 0.3 is 0 Å². The SMILES string of the molecule is CC12CCC3=C4CCC(=O)C=C4CC[C@H]3C1CCC2=O. The van der Waals surface area contributed by atoms with Gasteiger partial charge in [-0.05, 0) is 67.6 Å². The highest BCUT2D eigenvalue weighted by Gasteiger charge is 2.53. The minimum Gasteiger partial charge on any atom is -0.299 e. The summed E-state index contributed by atoms with van der Waals surface area (Å²) in [6, 6.07) is 0. The summed E-state index contributed by atoms with van der Waals surface area (Å²) in [6.45, 7) is 2.21. The predicted octanol–water partition coefficient (Wildman–Crippen LogP) is 3.76. The molecule has 4 aliphatic rings. The molecule has 0 aromatic carbocycles. The molecule has 2 heteroatoms. The van der Waals surface area contributed by atoms with Crippen molar-refractivity contribution in [1.82, 2.24) is 0 Å². The standard InChI is InChI=1S/C18H22O2/c1-18-9-8-14-13-5-3-12(19)10-11(13)2-4-15(14)16(18)6-7-17(18)20/h10,15-16H,2-9H2,1H3/t15-,16?,18?/m1/s1. The molecule has 2 saturated carbocycles. The number of rotatable bonds is 0. The van der Waals surface area contributed by atoms with E-state index in [4.69, 9.17) is 0 Å². The van der Waals surface area contributed by atoms with Crippen LogP contribution in [0.1, 0.15) is 58.3 Å². The second-order valence-electron chi connectivity index (χ2n) is 7.27. The average Bonchev–Trinajstić information content (AvgIpc) is 2.74. The quantitative estimate of drug-likeness (QED) is 0.671. The molecule has 0 aliphatic heterocycles. The molecule has 0 spiro atoms. The van der Waals surface area contributed by atoms with Gasteiger partial charge in [0.2, 0.25) is 0 Å². The maximum atomic E-state index is 12.3. The molecule has 3 atom stereocenters. The summed E-state index contributed by atoms with van der Waals surface area (Å²) in [5, 5.41) is 0. The van der Waals surface area contributed by atoms with Crippen molar-refractivity contribution in [2.45, 2.75) is 58.3 Å². The van der Waals surface area contributed by atoms with Gasteiger partial charge in [0.1, 0.15) is 5.78 Å². The van der Waals surface area contributed by atoms with Crippen molar-refractivity contribution in [2.75, 3.05) is 0 Å². The van der Waals surface area contributed by atoms with Crippen LogP contribution < -0.4 is 0 Å². The van der Waals surface area contributed by atoms with E-state index in [9.17, 15) is 9.59 Å². The fourth-order valence-corrected chi connectivity index (χ4v) is 5.30. The number of Topliss-reactive ketones (excluding diaryl/α,β-unsaturated/α-hetero) is 1. The fourth-order valence-electron chi connectivity index (χ4n) is 5.30. The van der Waals surface area contributed by atoms with Crippen molar-refractivity contribution >= 4 is 11.6 Å². The van der Waals surface area contributed by atoms with Gasteiger partial charge in [0, 0.05) is 18.3 Å². The van der Waals surface area contributed by atoms with E-state index in [1.165, 1.54) is 11.1 Å². The average molecular weight is 270 g/mol. The van der Waals surface area contributed by atoms with E-state index in [-0.39, 0.29) is 5.41 Å². The monoisotopic (exact) mass is 270 g/mol. The van der Waals surface area contributed by atoms with Gasteiger partial charge in [-0.25, -0.2) is 0 Å². The zero-order valence-electron chi connectivity index (χ0n) is 12.2. The first-order valence-electron chi connectivity index (χ1n) is 8.08. The van der Waals surface area contributed by atoms with Gasteiger partial charge in [-0.2, -0.15) is 0 Å². The summed E-state index contributed by atoms with van der Waals surface area (Å²) in [6.07, 6.45) is 9.76. The third-order valence-corrected chi connectivity index (χ3v) is 6.44. The summed E-state index contributed by atoms with van der Waals surface area (Å²) in [7, 11) is 0. The smallest absolute Gasteiger partial charge is 0.156 e. The third kappa shape index (κ3) is 1.57. The molecule has 2 nitrogen and oxygen atoms in total. The fraction of sp³-hybridized carbons (Fsp3) is 0.667. The maximum absolute atomic E-state index is 12.3. The van der Waals surface area contributed by atoms with E-state index >= 15 is 0 Å². The highest BCUT2D eigenvalue weighted by atomic mass is 16.1. The Hall–Kier alpha value is -1.18. The van der Waals surface area contributed by atoms with Gasteiger partial charge in [-0.1, -0.05) is 12.5 Å². The Labute approximate surface area is 120 Å². The Morgan fingerprint density at radius 2 is 1.90 bits per heavy atom. The van der Waals surface area contributed by atoms with Crippen LogP contribution in [-0.2, 0) is 9.59 Å². The summed E-state index contributed by atoms with van der Waals surface area (Å²) in [5.41, 5.74) is 4.40. The van der Waals surface area contributed by atoms with Gasteiger partial charge in [0.25, 0.3) is 0 Å². The Bertz CT molecular complexity index is 566. The van der Waals surface area contributed by atoms with E-state index in [0.717, 1.165) is 44.9 Å². The van der Waals surface area contributed by atoms with Crippen molar-refractivity contribution in [2.24, 2.45) is 17.3 Å². The Balaban J connectivity index is 1.76. The molecule has 0 saturated heterocycles. The molecule has 4 aliphatic carbocycles. The number of carbonyl (C=O) groups excluding carboxylic acids is 2. The van der Waals surface area contributed by atoms with E-state index in [0.29, 0.717) is 29.8 Å². The van der Waals surface area contributed by atoms with Crippen molar-refractivity contribution in [3.05, 3.63) is 22.8 Å². The largest absolute Gasteiger partial charge is 0.299 e. The molecule has 4 rings (SSSR count). The normalized spacial score (nSPS) is 40.1. The maximum Gasteiger partial charge on any atom is 0.156 e. The molecule has 0 bridgehead atoms. The van der Waals surface area contributed by atoms with Crippen LogP contribution >= 0.6 is 0 Å². The first kappa shape index (κ1) is 12.6. The van der Waals surface area contributed by atoms with Crippen LogP contribution in [0.5, 0.6) is 0 Å². The minimum atomic E-state index is -0.0412. The van der Waals surface area contributed by atoms with E-state index < -0.39 is 0 Å². The van der Waals surface area contributed by atoms with Crippen molar-refractivity contribution < 1.29 is 9.59 Å². The van der Waals surface area contributed by atoms with E-state index in [2.05, 4.69) is 6.92 Å². The summed E-state index contributed by atoms with van der Waals surface area (Å²) >= 11 is 0. The van der Waals surface area contributed by atoms with Gasteiger partial charge in [-0.15, -0.1) is 0 Å². The molecule has 106 valence electrons. The lowest BCUT2D eigenvalue weighted by atomic mass is 9.57. The molecule has 20 heavy (non-hydrogen) atoms. The molecule has 0 heterocycles. The molecule has 0 aromatic rings. The first-order valence-corrected chi connectivity index (χ1v) is 8.08. The van der Waals surface area contributed by atoms with Gasteiger partial charge in [0.05, 0.1) is 0 Å². The van der Waals surface area contributed by atoms with Crippen molar-refractivity contribution in [3.8, 4) is 0 Å². The highest BCUT2D eigenvalue weighted by Crippen LogP contribution is 2.58. The number of hydrogen-bond acceptors (Lipinski definition) is 2. The second kappa shape index (κ2) is 4.16. The lowest BCUT2D eigenvalue weighted by molar-refractivity contribution is -0.128. The Kier molecular flexibility index (Phi) is 2.61. The summed E-state index contributed by atoms with van der Waals surface area (Å²) in [4.78, 5) is 23.9. The van der Waals surface area contributed by atoms with Crippen LogP contribution in [0.3, 0.4) is 0 Å². The van der Waals surface area contributed by atoms with Crippen molar-refractivity contribution in [1.29, 1.82) is 0 Å². The molecule has 2 unspecified atom stereocenters. The third-order valence-electron chi connectivity index (χ3n) is 6.44. The summed E-state index contributed by atoms with van der Waals surface area (Å²) in [5.74, 6) is 2.01. The highest BCUT2D eigenvalue weighted by molar-refractivity contribution is 5.93. The van der Waals surface area contributed by atoms with Crippen LogP contribution in [0, 0.1) is 17.3 Å². The number of carbonyl (C=O) groups is 2.